The Labute approximate surface area is 116 Å². The fourth-order valence-corrected chi connectivity index (χ4v) is 7.03. The number of benzene rings is 1. The van der Waals surface area contributed by atoms with Gasteiger partial charge in [0.25, 0.3) is 0 Å². The number of hydrogen-bond donors (Lipinski definition) is 0. The first-order valence-corrected chi connectivity index (χ1v) is 9.14. The molecule has 104 valence electrons. The normalized spacial score (nSPS) is 30.9. The van der Waals surface area contributed by atoms with Gasteiger partial charge in [-0.2, -0.15) is 0 Å². The lowest BCUT2D eigenvalue weighted by Crippen LogP contribution is -2.53. The Bertz CT molecular complexity index is 587. The van der Waals surface area contributed by atoms with E-state index in [9.17, 15) is 12.8 Å². The molecular formula is C13H16FNO2S2. The molecule has 0 aliphatic carbocycles. The average molecular weight is 301 g/mol. The number of rotatable bonds is 3. The molecular weight excluding hydrogens is 285 g/mol. The van der Waals surface area contributed by atoms with E-state index >= 15 is 0 Å². The summed E-state index contributed by atoms with van der Waals surface area (Å²) in [6.07, 6.45) is 0.176. The second-order valence-electron chi connectivity index (χ2n) is 5.29. The highest BCUT2D eigenvalue weighted by molar-refractivity contribution is 8.72. The Morgan fingerprint density at radius 3 is 2.58 bits per heavy atom. The SMILES string of the molecule is Cc1ccc(S(=O)(=O)SC23CCN2CC(F)C3)cc1. The summed E-state index contributed by atoms with van der Waals surface area (Å²) in [5.41, 5.74) is 1.03. The van der Waals surface area contributed by atoms with Gasteiger partial charge < -0.3 is 0 Å². The molecule has 0 bridgehead atoms. The van der Waals surface area contributed by atoms with E-state index in [1.807, 2.05) is 11.8 Å². The quantitative estimate of drug-likeness (QED) is 0.804. The third-order valence-electron chi connectivity index (χ3n) is 3.88. The first kappa shape index (κ1) is 13.4. The average Bonchev–Trinajstić information content (AvgIpc) is 2.53. The van der Waals surface area contributed by atoms with Crippen molar-refractivity contribution in [2.45, 2.75) is 35.7 Å². The van der Waals surface area contributed by atoms with Gasteiger partial charge in [0, 0.05) is 19.5 Å². The minimum atomic E-state index is -3.42. The fraction of sp³-hybridized carbons (Fsp3) is 0.538. The molecule has 2 fully saturated rings. The number of halogens is 1. The maximum atomic E-state index is 13.5. The summed E-state index contributed by atoms with van der Waals surface area (Å²) >= 11 is 0. The van der Waals surface area contributed by atoms with Crippen molar-refractivity contribution in [2.24, 2.45) is 0 Å². The van der Waals surface area contributed by atoms with Crippen molar-refractivity contribution in [3.63, 3.8) is 0 Å². The van der Waals surface area contributed by atoms with Crippen LogP contribution in [-0.2, 0) is 8.87 Å². The Morgan fingerprint density at radius 1 is 1.37 bits per heavy atom. The molecule has 2 atom stereocenters. The molecule has 2 saturated heterocycles. The predicted octanol–water partition coefficient (Wildman–Crippen LogP) is 2.56. The maximum absolute atomic E-state index is 13.5. The van der Waals surface area contributed by atoms with E-state index < -0.39 is 19.9 Å². The third-order valence-corrected chi connectivity index (χ3v) is 8.06. The number of hydrogen-bond acceptors (Lipinski definition) is 4. The van der Waals surface area contributed by atoms with Crippen LogP contribution >= 0.6 is 10.8 Å². The van der Waals surface area contributed by atoms with Crippen molar-refractivity contribution in [1.29, 1.82) is 0 Å². The monoisotopic (exact) mass is 301 g/mol. The van der Waals surface area contributed by atoms with Gasteiger partial charge in [-0.1, -0.05) is 17.7 Å². The summed E-state index contributed by atoms with van der Waals surface area (Å²) in [7, 11) is -2.49. The van der Waals surface area contributed by atoms with E-state index in [2.05, 4.69) is 0 Å². The molecule has 2 aliphatic rings. The Balaban J connectivity index is 1.84. The van der Waals surface area contributed by atoms with Crippen molar-refractivity contribution in [2.75, 3.05) is 13.1 Å². The van der Waals surface area contributed by atoms with Gasteiger partial charge in [-0.3, -0.25) is 4.90 Å². The molecule has 0 amide bonds. The standard InChI is InChI=1S/C13H16FNO2S2/c1-10-2-4-12(5-3-10)19(16,17)18-13-6-7-15(13)9-11(14)8-13/h2-5,11H,6-9H2,1H3. The lowest BCUT2D eigenvalue weighted by molar-refractivity contribution is 0.110. The highest BCUT2D eigenvalue weighted by atomic mass is 33.1. The van der Waals surface area contributed by atoms with Crippen LogP contribution in [0.15, 0.2) is 29.2 Å². The minimum Gasteiger partial charge on any atom is -0.285 e. The Kier molecular flexibility index (Phi) is 3.15. The first-order valence-electron chi connectivity index (χ1n) is 6.33. The van der Waals surface area contributed by atoms with Crippen LogP contribution in [0.3, 0.4) is 0 Å². The molecule has 2 aliphatic heterocycles. The predicted molar refractivity (Wildman–Crippen MR) is 74.4 cm³/mol. The van der Waals surface area contributed by atoms with Gasteiger partial charge in [-0.15, -0.1) is 0 Å². The van der Waals surface area contributed by atoms with Crippen LogP contribution in [0.4, 0.5) is 4.39 Å². The maximum Gasteiger partial charge on any atom is 0.231 e. The lowest BCUT2D eigenvalue weighted by Gasteiger charge is -2.46. The highest BCUT2D eigenvalue weighted by Crippen LogP contribution is 2.52. The van der Waals surface area contributed by atoms with Crippen LogP contribution in [0.1, 0.15) is 18.4 Å². The molecule has 0 aromatic heterocycles. The number of fused-ring (bicyclic) bond motifs is 1. The molecule has 0 radical (unpaired) electrons. The zero-order valence-corrected chi connectivity index (χ0v) is 12.3. The third kappa shape index (κ3) is 2.30. The largest absolute Gasteiger partial charge is 0.285 e. The zero-order chi connectivity index (χ0) is 13.7. The number of aryl methyl sites for hydroxylation is 1. The molecule has 0 N–H and O–H groups in total. The molecule has 6 heteroatoms. The number of alkyl halides is 1. The molecule has 2 heterocycles. The molecule has 1 aromatic carbocycles. The number of nitrogens with zero attached hydrogens (tertiary/aromatic N) is 1. The summed E-state index contributed by atoms with van der Waals surface area (Å²) in [6.45, 7) is 3.09. The molecule has 1 aromatic rings. The molecule has 19 heavy (non-hydrogen) atoms. The smallest absolute Gasteiger partial charge is 0.231 e. The highest BCUT2D eigenvalue weighted by Gasteiger charge is 2.55. The van der Waals surface area contributed by atoms with Crippen LogP contribution in [0.5, 0.6) is 0 Å². The zero-order valence-electron chi connectivity index (χ0n) is 10.7. The van der Waals surface area contributed by atoms with Gasteiger partial charge in [0.05, 0.1) is 9.77 Å². The topological polar surface area (TPSA) is 37.4 Å². The van der Waals surface area contributed by atoms with Crippen LogP contribution in [0.2, 0.25) is 0 Å². The van der Waals surface area contributed by atoms with Crippen molar-refractivity contribution in [1.82, 2.24) is 4.90 Å². The van der Waals surface area contributed by atoms with E-state index in [0.717, 1.165) is 29.3 Å². The first-order chi connectivity index (χ1) is 8.91. The minimum absolute atomic E-state index is 0.312. The van der Waals surface area contributed by atoms with Crippen molar-refractivity contribution in [3.8, 4) is 0 Å². The summed E-state index contributed by atoms with van der Waals surface area (Å²) in [5.74, 6) is 0. The van der Waals surface area contributed by atoms with E-state index in [0.29, 0.717) is 17.9 Å². The second-order valence-corrected chi connectivity index (χ2v) is 9.42. The van der Waals surface area contributed by atoms with Gasteiger partial charge in [0.2, 0.25) is 8.87 Å². The molecule has 0 saturated carbocycles. The van der Waals surface area contributed by atoms with Crippen molar-refractivity contribution < 1.29 is 12.8 Å². The van der Waals surface area contributed by atoms with Crippen molar-refractivity contribution >= 4 is 19.7 Å². The van der Waals surface area contributed by atoms with E-state index in [4.69, 9.17) is 0 Å². The second kappa shape index (κ2) is 4.46. The van der Waals surface area contributed by atoms with E-state index in [1.165, 1.54) is 0 Å². The molecule has 0 spiro atoms. The fourth-order valence-electron chi connectivity index (χ4n) is 2.74. The molecule has 3 nitrogen and oxygen atoms in total. The summed E-state index contributed by atoms with van der Waals surface area (Å²) in [6, 6.07) is 6.82. The van der Waals surface area contributed by atoms with Crippen LogP contribution in [0.25, 0.3) is 0 Å². The van der Waals surface area contributed by atoms with Crippen molar-refractivity contribution in [3.05, 3.63) is 29.8 Å². The summed E-state index contributed by atoms with van der Waals surface area (Å²) in [5, 5.41) is 0. The lowest BCUT2D eigenvalue weighted by atomic mass is 10.0. The summed E-state index contributed by atoms with van der Waals surface area (Å²) < 4.78 is 38.3. The summed E-state index contributed by atoms with van der Waals surface area (Å²) in [4.78, 5) is 1.74. The molecule has 3 rings (SSSR count). The van der Waals surface area contributed by atoms with Crippen LogP contribution in [0, 0.1) is 6.92 Å². The van der Waals surface area contributed by atoms with Gasteiger partial charge in [0.1, 0.15) is 6.17 Å². The van der Waals surface area contributed by atoms with Gasteiger partial charge in [-0.05, 0) is 36.3 Å². The molecule has 2 unspecified atom stereocenters. The van der Waals surface area contributed by atoms with Crippen LogP contribution < -0.4 is 0 Å². The Hall–Kier alpha value is -0.590. The van der Waals surface area contributed by atoms with Crippen LogP contribution in [-0.4, -0.2) is 37.4 Å². The van der Waals surface area contributed by atoms with E-state index in [1.54, 1.807) is 24.3 Å². The van der Waals surface area contributed by atoms with E-state index in [-0.39, 0.29) is 0 Å². The van der Waals surface area contributed by atoms with Gasteiger partial charge in [-0.25, -0.2) is 12.8 Å². The van der Waals surface area contributed by atoms with Gasteiger partial charge in [0.15, 0.2) is 0 Å². The Morgan fingerprint density at radius 2 is 2.05 bits per heavy atom. The van der Waals surface area contributed by atoms with Gasteiger partial charge >= 0.3 is 0 Å².